The van der Waals surface area contributed by atoms with Gasteiger partial charge in [-0.3, -0.25) is 9.69 Å². The molecular weight excluding hydrogens is 433 g/mol. The van der Waals surface area contributed by atoms with Crippen LogP contribution in [0.3, 0.4) is 0 Å². The number of nitrogens with one attached hydrogen (secondary N) is 1. The number of hydrogen-bond donors (Lipinski definition) is 2. The number of benzene rings is 1. The summed E-state index contributed by atoms with van der Waals surface area (Å²) in [6.07, 6.45) is 6.14. The summed E-state index contributed by atoms with van der Waals surface area (Å²) in [7, 11) is 0. The van der Waals surface area contributed by atoms with Crippen molar-refractivity contribution in [3.63, 3.8) is 0 Å². The van der Waals surface area contributed by atoms with Gasteiger partial charge in [0.05, 0.1) is 12.2 Å². The van der Waals surface area contributed by atoms with Crippen molar-refractivity contribution >= 4 is 30.7 Å². The van der Waals surface area contributed by atoms with E-state index in [9.17, 15) is 4.79 Å². The van der Waals surface area contributed by atoms with E-state index in [0.717, 1.165) is 32.5 Å². The molecule has 0 spiro atoms. The first kappa shape index (κ1) is 26.4. The second-order valence-corrected chi connectivity index (χ2v) is 9.63. The lowest BCUT2D eigenvalue weighted by atomic mass is 9.65. The smallest absolute Gasteiger partial charge is 0.223 e. The number of carbonyl (C=O) groups excluding carboxylic acids is 1. The van der Waals surface area contributed by atoms with Crippen LogP contribution in [0, 0.1) is 17.8 Å². The molecule has 176 valence electrons. The van der Waals surface area contributed by atoms with Crippen molar-refractivity contribution < 1.29 is 9.53 Å². The quantitative estimate of drug-likeness (QED) is 0.682. The Kier molecular flexibility index (Phi) is 10.1. The Bertz CT molecular complexity index is 696. The maximum Gasteiger partial charge on any atom is 0.223 e. The molecule has 4 unspecified atom stereocenters. The van der Waals surface area contributed by atoms with Gasteiger partial charge in [-0.15, -0.1) is 24.8 Å². The summed E-state index contributed by atoms with van der Waals surface area (Å²) in [6.45, 7) is 7.71. The van der Waals surface area contributed by atoms with Crippen molar-refractivity contribution in [3.8, 4) is 0 Å². The minimum absolute atomic E-state index is 0. The highest BCUT2D eigenvalue weighted by atomic mass is 35.5. The summed E-state index contributed by atoms with van der Waals surface area (Å²) in [4.78, 5) is 15.4. The van der Waals surface area contributed by atoms with Gasteiger partial charge >= 0.3 is 0 Å². The van der Waals surface area contributed by atoms with Gasteiger partial charge in [-0.05, 0) is 62.5 Å². The minimum Gasteiger partial charge on any atom is -0.373 e. The topological polar surface area (TPSA) is 67.6 Å². The Hall–Kier alpha value is -0.850. The first-order valence-electron chi connectivity index (χ1n) is 11.5. The lowest BCUT2D eigenvalue weighted by molar-refractivity contribution is -0.128. The monoisotopic (exact) mass is 471 g/mol. The van der Waals surface area contributed by atoms with Crippen LogP contribution in [0.2, 0.25) is 0 Å². The fourth-order valence-corrected chi connectivity index (χ4v) is 5.87. The van der Waals surface area contributed by atoms with E-state index in [1.165, 1.54) is 30.4 Å². The van der Waals surface area contributed by atoms with E-state index in [-0.39, 0.29) is 48.8 Å². The predicted molar refractivity (Wildman–Crippen MR) is 130 cm³/mol. The third kappa shape index (κ3) is 6.58. The van der Waals surface area contributed by atoms with E-state index in [4.69, 9.17) is 10.5 Å². The third-order valence-corrected chi connectivity index (χ3v) is 7.24. The van der Waals surface area contributed by atoms with E-state index in [1.54, 1.807) is 0 Å². The Labute approximate surface area is 199 Å². The fourth-order valence-electron chi connectivity index (χ4n) is 5.87. The molecule has 2 saturated carbocycles. The van der Waals surface area contributed by atoms with Crippen molar-refractivity contribution in [2.45, 2.75) is 77.3 Å². The molecule has 2 aliphatic carbocycles. The van der Waals surface area contributed by atoms with Crippen molar-refractivity contribution in [1.82, 2.24) is 10.2 Å². The van der Waals surface area contributed by atoms with Crippen molar-refractivity contribution in [3.05, 3.63) is 35.4 Å². The van der Waals surface area contributed by atoms with Gasteiger partial charge in [-0.1, -0.05) is 30.7 Å². The molecule has 31 heavy (non-hydrogen) atoms. The van der Waals surface area contributed by atoms with E-state index < -0.39 is 0 Å². The minimum atomic E-state index is 0. The summed E-state index contributed by atoms with van der Waals surface area (Å²) in [5, 5.41) is 3.25. The molecular formula is C24H39Cl2N3O2. The zero-order valence-corrected chi connectivity index (χ0v) is 20.4. The molecule has 1 heterocycles. The van der Waals surface area contributed by atoms with Crippen molar-refractivity contribution in [2.24, 2.45) is 23.5 Å². The average Bonchev–Trinajstić information content (AvgIpc) is 2.66. The van der Waals surface area contributed by atoms with Gasteiger partial charge in [-0.25, -0.2) is 0 Å². The Morgan fingerprint density at radius 1 is 1.06 bits per heavy atom. The summed E-state index contributed by atoms with van der Waals surface area (Å²) in [6, 6.07) is 8.81. The van der Waals surface area contributed by atoms with Crippen LogP contribution < -0.4 is 11.1 Å². The van der Waals surface area contributed by atoms with Crippen LogP contribution in [-0.2, 0) is 22.6 Å². The van der Waals surface area contributed by atoms with Gasteiger partial charge in [0.25, 0.3) is 0 Å². The molecule has 1 aromatic carbocycles. The summed E-state index contributed by atoms with van der Waals surface area (Å²) < 4.78 is 5.86. The molecule has 3 N–H and O–H groups in total. The summed E-state index contributed by atoms with van der Waals surface area (Å²) in [5.41, 5.74) is 8.92. The van der Waals surface area contributed by atoms with Crippen LogP contribution in [0.4, 0.5) is 0 Å². The first-order valence-corrected chi connectivity index (χ1v) is 11.5. The highest BCUT2D eigenvalue weighted by Gasteiger charge is 2.40. The lowest BCUT2D eigenvalue weighted by Gasteiger charge is -2.43. The number of amides is 1. The molecule has 3 aliphatic rings. The summed E-state index contributed by atoms with van der Waals surface area (Å²) >= 11 is 0. The number of rotatable bonds is 5. The van der Waals surface area contributed by atoms with E-state index in [0.29, 0.717) is 24.4 Å². The van der Waals surface area contributed by atoms with Gasteiger partial charge in [0.1, 0.15) is 0 Å². The fraction of sp³-hybridized carbons (Fsp3) is 0.708. The Balaban J connectivity index is 0.00000171. The number of morpholine rings is 1. The average molecular weight is 473 g/mol. The van der Waals surface area contributed by atoms with Crippen LogP contribution in [0.15, 0.2) is 24.3 Å². The maximum atomic E-state index is 12.9. The van der Waals surface area contributed by atoms with Crippen LogP contribution >= 0.6 is 24.8 Å². The predicted octanol–water partition coefficient (Wildman–Crippen LogP) is 3.91. The number of nitrogens with two attached hydrogens (primary N) is 1. The second-order valence-electron chi connectivity index (χ2n) is 9.63. The zero-order valence-electron chi connectivity index (χ0n) is 18.8. The highest BCUT2D eigenvalue weighted by molar-refractivity contribution is 5.85. The van der Waals surface area contributed by atoms with Gasteiger partial charge in [0, 0.05) is 38.1 Å². The van der Waals surface area contributed by atoms with Crippen LogP contribution in [0.5, 0.6) is 0 Å². The molecule has 3 fully saturated rings. The van der Waals surface area contributed by atoms with Crippen molar-refractivity contribution in [1.29, 1.82) is 0 Å². The van der Waals surface area contributed by atoms with Gasteiger partial charge in [0.2, 0.25) is 5.91 Å². The first-order chi connectivity index (χ1) is 14.0. The third-order valence-electron chi connectivity index (χ3n) is 7.24. The number of carbonyl (C=O) groups is 1. The number of halogens is 2. The maximum absolute atomic E-state index is 12.9. The highest BCUT2D eigenvalue weighted by Crippen LogP contribution is 2.41. The van der Waals surface area contributed by atoms with E-state index >= 15 is 0 Å². The molecule has 1 aliphatic heterocycles. The SMILES string of the molecule is CC1CN(Cc2ccccc2CNC(=O)C2CC3CCCC(C2)C3N)CC(C)O1.Cl.Cl. The molecule has 4 atom stereocenters. The number of hydrogen-bond acceptors (Lipinski definition) is 4. The molecule has 2 bridgehead atoms. The Morgan fingerprint density at radius 3 is 2.26 bits per heavy atom. The van der Waals surface area contributed by atoms with Crippen LogP contribution in [-0.4, -0.2) is 42.1 Å². The summed E-state index contributed by atoms with van der Waals surface area (Å²) in [5.74, 6) is 1.43. The Morgan fingerprint density at radius 2 is 1.65 bits per heavy atom. The van der Waals surface area contributed by atoms with Gasteiger partial charge in [-0.2, -0.15) is 0 Å². The second kappa shape index (κ2) is 11.9. The van der Waals surface area contributed by atoms with Gasteiger partial charge < -0.3 is 15.8 Å². The van der Waals surface area contributed by atoms with Gasteiger partial charge in [0.15, 0.2) is 0 Å². The van der Waals surface area contributed by atoms with Crippen LogP contribution in [0.25, 0.3) is 0 Å². The number of ether oxygens (including phenoxy) is 1. The molecule has 4 rings (SSSR count). The lowest BCUT2D eigenvalue weighted by Crippen LogP contribution is -2.49. The zero-order chi connectivity index (χ0) is 20.4. The number of fused-ring (bicyclic) bond motifs is 2. The number of nitrogens with zero attached hydrogens (tertiary/aromatic N) is 1. The van der Waals surface area contributed by atoms with E-state index in [2.05, 4.69) is 48.3 Å². The molecule has 5 nitrogen and oxygen atoms in total. The van der Waals surface area contributed by atoms with Crippen LogP contribution in [0.1, 0.15) is 57.1 Å². The van der Waals surface area contributed by atoms with E-state index in [1.807, 2.05) is 0 Å². The normalized spacial score (nSPS) is 33.0. The molecule has 0 aromatic heterocycles. The molecule has 1 aromatic rings. The largest absolute Gasteiger partial charge is 0.373 e. The van der Waals surface area contributed by atoms with Crippen molar-refractivity contribution in [2.75, 3.05) is 13.1 Å². The standard InChI is InChI=1S/C24H37N3O2.2ClH/c1-16-13-27(14-17(2)29-16)15-21-7-4-3-6-20(21)12-26-24(28)22-10-18-8-5-9-19(11-22)23(18)25;;/h3-4,6-7,16-19,22-23H,5,8-15,25H2,1-2H3,(H,26,28);2*1H. The molecule has 1 amide bonds. The molecule has 7 heteroatoms. The molecule has 0 radical (unpaired) electrons. The molecule has 1 saturated heterocycles.